The van der Waals surface area contributed by atoms with E-state index in [2.05, 4.69) is 4.72 Å². The average molecular weight is 286 g/mol. The molecule has 2 rings (SSSR count). The summed E-state index contributed by atoms with van der Waals surface area (Å²) in [6, 6.07) is 5.96. The molecule has 0 amide bonds. The molecule has 0 unspecified atom stereocenters. The number of ether oxygens (including phenoxy) is 1. The van der Waals surface area contributed by atoms with Gasteiger partial charge in [-0.25, -0.2) is 13.1 Å². The number of hydrogen-bond acceptors (Lipinski definition) is 5. The lowest BCUT2D eigenvalue weighted by Crippen LogP contribution is -2.54. The predicted molar refractivity (Wildman–Crippen MR) is 71.0 cm³/mol. The van der Waals surface area contributed by atoms with Crippen molar-refractivity contribution >= 4 is 15.7 Å². The second-order valence-corrected chi connectivity index (χ2v) is 6.41. The summed E-state index contributed by atoms with van der Waals surface area (Å²) in [7, 11) is -3.67. The van der Waals surface area contributed by atoms with Crippen LogP contribution in [-0.2, 0) is 14.8 Å². The van der Waals surface area contributed by atoms with Crippen LogP contribution in [0.25, 0.3) is 0 Å². The van der Waals surface area contributed by atoms with E-state index in [-0.39, 0.29) is 11.5 Å². The zero-order valence-electron chi connectivity index (χ0n) is 10.5. The molecule has 7 heteroatoms. The SMILES string of the molecule is Nc1ccc(S(=O)(=O)NC2(CO)CCOCC2)cc1. The van der Waals surface area contributed by atoms with E-state index in [1.54, 1.807) is 0 Å². The van der Waals surface area contributed by atoms with Gasteiger partial charge in [-0.1, -0.05) is 0 Å². The predicted octanol–water partition coefficient (Wildman–Crippen LogP) is 0.0886. The molecule has 0 atom stereocenters. The van der Waals surface area contributed by atoms with E-state index >= 15 is 0 Å². The van der Waals surface area contributed by atoms with Crippen molar-refractivity contribution in [3.05, 3.63) is 24.3 Å². The maximum absolute atomic E-state index is 12.3. The zero-order valence-corrected chi connectivity index (χ0v) is 11.3. The average Bonchev–Trinajstić information content (AvgIpc) is 2.40. The number of nitrogens with one attached hydrogen (secondary N) is 1. The van der Waals surface area contributed by atoms with Gasteiger partial charge in [0.2, 0.25) is 10.0 Å². The first-order chi connectivity index (χ1) is 8.97. The second kappa shape index (κ2) is 5.46. The maximum Gasteiger partial charge on any atom is 0.241 e. The second-order valence-electron chi connectivity index (χ2n) is 4.73. The minimum absolute atomic E-state index is 0.140. The van der Waals surface area contributed by atoms with E-state index in [0.717, 1.165) is 0 Å². The van der Waals surface area contributed by atoms with Crippen molar-refractivity contribution in [1.82, 2.24) is 4.72 Å². The van der Waals surface area contributed by atoms with E-state index in [1.165, 1.54) is 24.3 Å². The summed E-state index contributed by atoms with van der Waals surface area (Å²) < 4.78 is 32.3. The third kappa shape index (κ3) is 3.24. The van der Waals surface area contributed by atoms with Gasteiger partial charge < -0.3 is 15.6 Å². The summed E-state index contributed by atoms with van der Waals surface area (Å²) in [5, 5.41) is 9.49. The van der Waals surface area contributed by atoms with Crippen molar-refractivity contribution in [2.24, 2.45) is 0 Å². The number of benzene rings is 1. The van der Waals surface area contributed by atoms with Gasteiger partial charge in [-0.2, -0.15) is 0 Å². The van der Waals surface area contributed by atoms with E-state index in [0.29, 0.717) is 31.7 Å². The normalized spacial score (nSPS) is 19.2. The zero-order chi connectivity index (χ0) is 13.9. The Kier molecular flexibility index (Phi) is 4.10. The van der Waals surface area contributed by atoms with E-state index in [4.69, 9.17) is 10.5 Å². The molecule has 0 aromatic heterocycles. The number of aliphatic hydroxyl groups is 1. The van der Waals surface area contributed by atoms with Gasteiger partial charge in [0.1, 0.15) is 0 Å². The highest BCUT2D eigenvalue weighted by molar-refractivity contribution is 7.89. The molecule has 0 radical (unpaired) electrons. The van der Waals surface area contributed by atoms with Crippen molar-refractivity contribution in [1.29, 1.82) is 0 Å². The molecule has 6 nitrogen and oxygen atoms in total. The van der Waals surface area contributed by atoms with Crippen LogP contribution >= 0.6 is 0 Å². The molecular formula is C12H18N2O4S. The minimum atomic E-state index is -3.67. The summed E-state index contributed by atoms with van der Waals surface area (Å²) in [6.45, 7) is 0.625. The fourth-order valence-electron chi connectivity index (χ4n) is 2.05. The van der Waals surface area contributed by atoms with Crippen LogP contribution in [0.4, 0.5) is 5.69 Å². The molecule has 19 heavy (non-hydrogen) atoms. The van der Waals surface area contributed by atoms with Gasteiger partial charge in [-0.15, -0.1) is 0 Å². The Hall–Kier alpha value is -1.15. The molecule has 4 N–H and O–H groups in total. The highest BCUT2D eigenvalue weighted by Crippen LogP contribution is 2.23. The standard InChI is InChI=1S/C12H18N2O4S/c13-10-1-3-11(4-2-10)19(16,17)14-12(9-15)5-7-18-8-6-12/h1-4,14-15H,5-9,13H2. The minimum Gasteiger partial charge on any atom is -0.399 e. The lowest BCUT2D eigenvalue weighted by Gasteiger charge is -2.35. The van der Waals surface area contributed by atoms with Gasteiger partial charge in [-0.05, 0) is 37.1 Å². The fourth-order valence-corrected chi connectivity index (χ4v) is 3.50. The third-order valence-electron chi connectivity index (χ3n) is 3.29. The Morgan fingerprint density at radius 2 is 1.84 bits per heavy atom. The summed E-state index contributed by atoms with van der Waals surface area (Å²) >= 11 is 0. The molecule has 1 fully saturated rings. The number of aliphatic hydroxyl groups excluding tert-OH is 1. The number of sulfonamides is 1. The first-order valence-corrected chi connectivity index (χ1v) is 7.54. The van der Waals surface area contributed by atoms with Crippen LogP contribution in [0.3, 0.4) is 0 Å². The molecule has 1 aromatic rings. The third-order valence-corrected chi connectivity index (χ3v) is 4.89. The van der Waals surface area contributed by atoms with Crippen molar-refractivity contribution in [2.45, 2.75) is 23.3 Å². The Labute approximate surface area is 112 Å². The van der Waals surface area contributed by atoms with Gasteiger partial charge in [0.15, 0.2) is 0 Å². The largest absolute Gasteiger partial charge is 0.399 e. The van der Waals surface area contributed by atoms with Crippen molar-refractivity contribution in [2.75, 3.05) is 25.6 Å². The smallest absolute Gasteiger partial charge is 0.241 e. The van der Waals surface area contributed by atoms with Gasteiger partial charge in [0.05, 0.1) is 17.0 Å². The fraction of sp³-hybridized carbons (Fsp3) is 0.500. The van der Waals surface area contributed by atoms with Crippen LogP contribution in [-0.4, -0.2) is 38.9 Å². The molecule has 1 aromatic carbocycles. The van der Waals surface area contributed by atoms with E-state index < -0.39 is 15.6 Å². The number of hydrogen-bond donors (Lipinski definition) is 3. The topological polar surface area (TPSA) is 102 Å². The Balaban J connectivity index is 2.22. The molecule has 0 aliphatic carbocycles. The molecule has 1 aliphatic rings. The highest BCUT2D eigenvalue weighted by atomic mass is 32.2. The number of nitrogen functional groups attached to an aromatic ring is 1. The van der Waals surface area contributed by atoms with Gasteiger partial charge >= 0.3 is 0 Å². The molecular weight excluding hydrogens is 268 g/mol. The van der Waals surface area contributed by atoms with E-state index in [1.807, 2.05) is 0 Å². The number of anilines is 1. The number of rotatable bonds is 4. The van der Waals surface area contributed by atoms with Crippen LogP contribution in [0, 0.1) is 0 Å². The summed E-state index contributed by atoms with van der Waals surface area (Å²) in [4.78, 5) is 0.140. The quantitative estimate of drug-likeness (QED) is 0.681. The van der Waals surface area contributed by atoms with Gasteiger partial charge in [0.25, 0.3) is 0 Å². The molecule has 106 valence electrons. The number of nitrogens with two attached hydrogens (primary N) is 1. The molecule has 0 spiro atoms. The van der Waals surface area contributed by atoms with Gasteiger partial charge in [-0.3, -0.25) is 0 Å². The van der Waals surface area contributed by atoms with Crippen molar-refractivity contribution < 1.29 is 18.3 Å². The monoisotopic (exact) mass is 286 g/mol. The summed E-state index contributed by atoms with van der Waals surface area (Å²) in [5.74, 6) is 0. The van der Waals surface area contributed by atoms with E-state index in [9.17, 15) is 13.5 Å². The first kappa shape index (κ1) is 14.3. The molecule has 0 saturated carbocycles. The lowest BCUT2D eigenvalue weighted by atomic mass is 9.93. The Bertz CT molecular complexity index is 521. The summed E-state index contributed by atoms with van der Waals surface area (Å²) in [6.07, 6.45) is 0.912. The first-order valence-electron chi connectivity index (χ1n) is 6.06. The molecule has 0 bridgehead atoms. The van der Waals surface area contributed by atoms with Crippen molar-refractivity contribution in [3.8, 4) is 0 Å². The van der Waals surface area contributed by atoms with Crippen LogP contribution in [0.1, 0.15) is 12.8 Å². The van der Waals surface area contributed by atoms with Crippen LogP contribution in [0.2, 0.25) is 0 Å². The van der Waals surface area contributed by atoms with Gasteiger partial charge in [0, 0.05) is 18.9 Å². The molecule has 1 aliphatic heterocycles. The Morgan fingerprint density at radius 1 is 1.26 bits per heavy atom. The highest BCUT2D eigenvalue weighted by Gasteiger charge is 2.36. The Morgan fingerprint density at radius 3 is 2.37 bits per heavy atom. The molecule has 1 heterocycles. The summed E-state index contributed by atoms with van der Waals surface area (Å²) in [5.41, 5.74) is 5.20. The van der Waals surface area contributed by atoms with Crippen LogP contribution in [0.15, 0.2) is 29.2 Å². The van der Waals surface area contributed by atoms with Crippen LogP contribution in [0.5, 0.6) is 0 Å². The molecule has 1 saturated heterocycles. The lowest BCUT2D eigenvalue weighted by molar-refractivity contribution is 0.0223. The van der Waals surface area contributed by atoms with Crippen LogP contribution < -0.4 is 10.5 Å². The van der Waals surface area contributed by atoms with Crippen molar-refractivity contribution in [3.63, 3.8) is 0 Å². The maximum atomic E-state index is 12.3.